The van der Waals surface area contributed by atoms with Crippen molar-refractivity contribution in [1.82, 2.24) is 4.90 Å². The van der Waals surface area contributed by atoms with Gasteiger partial charge in [0.25, 0.3) is 0 Å². The lowest BCUT2D eigenvalue weighted by molar-refractivity contribution is -0.134. The number of hydrogen-bond donors (Lipinski definition) is 0. The molecular formula is C21H22N4O. The molecule has 2 aromatic rings. The minimum atomic E-state index is -0.381. The highest BCUT2D eigenvalue weighted by atomic mass is 16.2. The van der Waals surface area contributed by atoms with Gasteiger partial charge in [-0.25, -0.2) is 10.0 Å². The Hall–Kier alpha value is -2.95. The van der Waals surface area contributed by atoms with E-state index in [1.54, 1.807) is 11.2 Å². The Bertz CT molecular complexity index is 832. The van der Waals surface area contributed by atoms with Crippen molar-refractivity contribution in [2.45, 2.75) is 25.9 Å². The number of anilines is 1. The van der Waals surface area contributed by atoms with Crippen LogP contribution in [0.25, 0.3) is 0 Å². The number of hydrogen-bond acceptors (Lipinski definition) is 4. The van der Waals surface area contributed by atoms with Crippen LogP contribution < -0.4 is 5.01 Å². The fourth-order valence-corrected chi connectivity index (χ4v) is 3.48. The van der Waals surface area contributed by atoms with Gasteiger partial charge in [-0.1, -0.05) is 55.5 Å². The fourth-order valence-electron chi connectivity index (χ4n) is 3.48. The van der Waals surface area contributed by atoms with Crippen LogP contribution in [0.1, 0.15) is 18.9 Å². The molecule has 0 radical (unpaired) electrons. The molecule has 2 atom stereocenters. The highest BCUT2D eigenvalue weighted by Crippen LogP contribution is 2.28. The number of carbonyl (C=O) groups excluding carboxylic acids is 1. The van der Waals surface area contributed by atoms with Crippen LogP contribution in [0, 0.1) is 5.92 Å². The van der Waals surface area contributed by atoms with E-state index in [1.807, 2.05) is 53.4 Å². The zero-order chi connectivity index (χ0) is 17.9. The lowest BCUT2D eigenvalue weighted by atomic mass is 10.0. The van der Waals surface area contributed by atoms with Crippen molar-refractivity contribution < 1.29 is 4.79 Å². The van der Waals surface area contributed by atoms with E-state index in [4.69, 9.17) is 4.99 Å². The monoisotopic (exact) mass is 346 g/mol. The third-order valence-corrected chi connectivity index (χ3v) is 4.87. The molecule has 5 heteroatoms. The van der Waals surface area contributed by atoms with Gasteiger partial charge in [0.05, 0.1) is 5.69 Å². The molecule has 2 unspecified atom stereocenters. The smallest absolute Gasteiger partial charge is 0.240 e. The molecule has 0 N–H and O–H groups in total. The molecule has 0 aromatic heterocycles. The molecule has 0 spiro atoms. The maximum absolute atomic E-state index is 13.1. The van der Waals surface area contributed by atoms with E-state index in [-0.39, 0.29) is 18.0 Å². The summed E-state index contributed by atoms with van der Waals surface area (Å²) in [6.07, 6.45) is 3.21. The number of aliphatic imine (C=N–C) groups is 1. The van der Waals surface area contributed by atoms with Crippen LogP contribution in [0.2, 0.25) is 0 Å². The Labute approximate surface area is 153 Å². The molecule has 132 valence electrons. The standard InChI is InChI=1S/C21H22N4O/c1-2-19-23-20-18(15-22-25(20)17-11-7-4-8-12-17)21(26)24(19)14-13-16-9-5-3-6-10-16/h3-12,15,18-19H,2,13-14H2,1H3. The van der Waals surface area contributed by atoms with Crippen LogP contribution in [-0.2, 0) is 11.2 Å². The maximum Gasteiger partial charge on any atom is 0.240 e. The molecular weight excluding hydrogens is 324 g/mol. The average Bonchev–Trinajstić information content (AvgIpc) is 3.12. The van der Waals surface area contributed by atoms with Gasteiger partial charge in [0.2, 0.25) is 5.91 Å². The van der Waals surface area contributed by atoms with E-state index < -0.39 is 0 Å². The van der Waals surface area contributed by atoms with Crippen molar-refractivity contribution >= 4 is 23.6 Å². The number of para-hydroxylation sites is 1. The first-order chi connectivity index (χ1) is 12.8. The SMILES string of the molecule is CCC1N=C2C(C=NN2c2ccccc2)C(=O)N1CCc1ccccc1. The molecule has 1 amide bonds. The highest BCUT2D eigenvalue weighted by Gasteiger charge is 2.41. The number of nitrogens with zero attached hydrogens (tertiary/aromatic N) is 4. The molecule has 0 aliphatic carbocycles. The van der Waals surface area contributed by atoms with Crippen molar-refractivity contribution in [3.63, 3.8) is 0 Å². The zero-order valence-electron chi connectivity index (χ0n) is 14.8. The molecule has 2 aromatic carbocycles. The van der Waals surface area contributed by atoms with E-state index in [0.29, 0.717) is 6.54 Å². The summed E-state index contributed by atoms with van der Waals surface area (Å²) in [6, 6.07) is 20.1. The summed E-state index contributed by atoms with van der Waals surface area (Å²) in [5.74, 6) is 0.456. The molecule has 0 saturated carbocycles. The number of carbonyl (C=O) groups is 1. The molecule has 26 heavy (non-hydrogen) atoms. The Morgan fingerprint density at radius 2 is 1.69 bits per heavy atom. The van der Waals surface area contributed by atoms with Gasteiger partial charge in [-0.15, -0.1) is 0 Å². The van der Waals surface area contributed by atoms with E-state index in [2.05, 4.69) is 24.2 Å². The first-order valence-electron chi connectivity index (χ1n) is 9.09. The number of fused-ring (bicyclic) bond motifs is 1. The average molecular weight is 346 g/mol. The van der Waals surface area contributed by atoms with E-state index in [9.17, 15) is 4.79 Å². The summed E-state index contributed by atoms with van der Waals surface area (Å²) >= 11 is 0. The molecule has 0 bridgehead atoms. The van der Waals surface area contributed by atoms with Crippen molar-refractivity contribution in [2.75, 3.05) is 11.6 Å². The predicted molar refractivity (Wildman–Crippen MR) is 104 cm³/mol. The number of hydrazone groups is 1. The van der Waals surface area contributed by atoms with E-state index in [0.717, 1.165) is 24.4 Å². The summed E-state index contributed by atoms with van der Waals surface area (Å²) in [5.41, 5.74) is 2.17. The second kappa shape index (κ2) is 7.12. The van der Waals surface area contributed by atoms with E-state index >= 15 is 0 Å². The normalized spacial score (nSPS) is 21.7. The van der Waals surface area contributed by atoms with Gasteiger partial charge < -0.3 is 4.90 Å². The zero-order valence-corrected chi connectivity index (χ0v) is 14.8. The lowest BCUT2D eigenvalue weighted by Crippen LogP contribution is -2.51. The fraction of sp³-hybridized carbons (Fsp3) is 0.286. The Morgan fingerprint density at radius 1 is 1.00 bits per heavy atom. The Kier molecular flexibility index (Phi) is 4.52. The molecule has 2 heterocycles. The van der Waals surface area contributed by atoms with Crippen LogP contribution in [0.3, 0.4) is 0 Å². The highest BCUT2D eigenvalue weighted by molar-refractivity contribution is 6.24. The number of amides is 1. The number of rotatable bonds is 5. The van der Waals surface area contributed by atoms with Crippen LogP contribution in [0.5, 0.6) is 0 Å². The third-order valence-electron chi connectivity index (χ3n) is 4.87. The quantitative estimate of drug-likeness (QED) is 0.834. The summed E-state index contributed by atoms with van der Waals surface area (Å²) in [7, 11) is 0. The van der Waals surface area contributed by atoms with Crippen LogP contribution >= 0.6 is 0 Å². The Balaban J connectivity index is 1.57. The number of benzene rings is 2. The summed E-state index contributed by atoms with van der Waals surface area (Å²) in [4.78, 5) is 19.9. The molecule has 5 nitrogen and oxygen atoms in total. The van der Waals surface area contributed by atoms with Gasteiger partial charge in [-0.3, -0.25) is 4.79 Å². The largest absolute Gasteiger partial charge is 0.319 e. The first kappa shape index (κ1) is 16.5. The van der Waals surface area contributed by atoms with Crippen molar-refractivity contribution in [3.05, 3.63) is 66.2 Å². The van der Waals surface area contributed by atoms with Crippen LogP contribution in [0.4, 0.5) is 5.69 Å². The van der Waals surface area contributed by atoms with Gasteiger partial charge in [-0.05, 0) is 30.5 Å². The summed E-state index contributed by atoms with van der Waals surface area (Å²) in [6.45, 7) is 2.74. The van der Waals surface area contributed by atoms with Gasteiger partial charge in [-0.2, -0.15) is 5.10 Å². The van der Waals surface area contributed by atoms with Crippen LogP contribution in [0.15, 0.2) is 70.8 Å². The van der Waals surface area contributed by atoms with Crippen molar-refractivity contribution in [1.29, 1.82) is 0 Å². The van der Waals surface area contributed by atoms with Gasteiger partial charge in [0.1, 0.15) is 17.9 Å². The molecule has 0 fully saturated rings. The molecule has 0 saturated heterocycles. The van der Waals surface area contributed by atoms with Gasteiger partial charge >= 0.3 is 0 Å². The minimum Gasteiger partial charge on any atom is -0.319 e. The second-order valence-corrected chi connectivity index (χ2v) is 6.53. The van der Waals surface area contributed by atoms with Crippen molar-refractivity contribution in [2.24, 2.45) is 16.0 Å². The van der Waals surface area contributed by atoms with Crippen molar-refractivity contribution in [3.8, 4) is 0 Å². The van der Waals surface area contributed by atoms with E-state index in [1.165, 1.54) is 5.56 Å². The predicted octanol–water partition coefficient (Wildman–Crippen LogP) is 3.33. The Morgan fingerprint density at radius 3 is 2.38 bits per heavy atom. The maximum atomic E-state index is 13.1. The minimum absolute atomic E-state index is 0.0972. The lowest BCUT2D eigenvalue weighted by Gasteiger charge is -2.35. The third kappa shape index (κ3) is 3.01. The number of amidine groups is 1. The molecule has 2 aliphatic heterocycles. The van der Waals surface area contributed by atoms with Gasteiger partial charge in [0, 0.05) is 12.8 Å². The van der Waals surface area contributed by atoms with Crippen LogP contribution in [-0.4, -0.2) is 35.6 Å². The summed E-state index contributed by atoms with van der Waals surface area (Å²) in [5, 5.41) is 6.24. The summed E-state index contributed by atoms with van der Waals surface area (Å²) < 4.78 is 0. The molecule has 2 aliphatic rings. The second-order valence-electron chi connectivity index (χ2n) is 6.53. The van der Waals surface area contributed by atoms with Gasteiger partial charge in [0.15, 0.2) is 0 Å². The molecule has 4 rings (SSSR count). The first-order valence-corrected chi connectivity index (χ1v) is 9.09. The topological polar surface area (TPSA) is 48.3 Å².